The molecule has 118 valence electrons. The van der Waals surface area contributed by atoms with Gasteiger partial charge in [-0.1, -0.05) is 15.9 Å². The van der Waals surface area contributed by atoms with Crippen LogP contribution in [-0.4, -0.2) is 27.2 Å². The van der Waals surface area contributed by atoms with Gasteiger partial charge in [-0.25, -0.2) is 9.37 Å². The fourth-order valence-corrected chi connectivity index (χ4v) is 3.25. The molecule has 0 atom stereocenters. The van der Waals surface area contributed by atoms with Crippen LogP contribution in [0.4, 0.5) is 4.39 Å². The number of thiazole rings is 1. The first-order valence-electron chi connectivity index (χ1n) is 6.61. The number of carbonyl (C=O) groups excluding carboxylic acids is 1. The average molecular weight is 396 g/mol. The maximum absolute atomic E-state index is 13.8. The second-order valence-corrected chi connectivity index (χ2v) is 6.72. The highest BCUT2D eigenvalue weighted by molar-refractivity contribution is 9.10. The van der Waals surface area contributed by atoms with Crippen LogP contribution in [0.1, 0.15) is 15.9 Å². The average Bonchev–Trinajstić information content (AvgIpc) is 3.00. The Kier molecular flexibility index (Phi) is 4.27. The summed E-state index contributed by atoms with van der Waals surface area (Å²) in [6.45, 7) is 0.0515. The van der Waals surface area contributed by atoms with Crippen molar-refractivity contribution in [2.45, 2.75) is 6.54 Å². The van der Waals surface area contributed by atoms with E-state index in [9.17, 15) is 14.0 Å². The van der Waals surface area contributed by atoms with E-state index in [0.717, 1.165) is 4.47 Å². The molecule has 5 nitrogen and oxygen atoms in total. The van der Waals surface area contributed by atoms with Gasteiger partial charge in [-0.2, -0.15) is 0 Å². The summed E-state index contributed by atoms with van der Waals surface area (Å²) in [6, 6.07) is 4.51. The largest absolute Gasteiger partial charge is 0.337 e. The van der Waals surface area contributed by atoms with Gasteiger partial charge in [0.1, 0.15) is 11.4 Å². The van der Waals surface area contributed by atoms with Crippen molar-refractivity contribution in [3.63, 3.8) is 0 Å². The van der Waals surface area contributed by atoms with E-state index >= 15 is 0 Å². The summed E-state index contributed by atoms with van der Waals surface area (Å²) in [4.78, 5) is 30.7. The second kappa shape index (κ2) is 6.21. The molecule has 2 heterocycles. The number of fused-ring (bicyclic) bond motifs is 1. The van der Waals surface area contributed by atoms with E-state index in [4.69, 9.17) is 0 Å². The van der Waals surface area contributed by atoms with Crippen LogP contribution in [0.3, 0.4) is 0 Å². The van der Waals surface area contributed by atoms with Gasteiger partial charge in [0.25, 0.3) is 11.5 Å². The molecule has 1 amide bonds. The molecule has 0 radical (unpaired) electrons. The summed E-state index contributed by atoms with van der Waals surface area (Å²) < 4.78 is 15.8. The maximum atomic E-state index is 13.8. The van der Waals surface area contributed by atoms with Gasteiger partial charge in [-0.3, -0.25) is 14.0 Å². The van der Waals surface area contributed by atoms with Crippen molar-refractivity contribution < 1.29 is 9.18 Å². The van der Waals surface area contributed by atoms with Crippen LogP contribution in [0, 0.1) is 5.82 Å². The highest BCUT2D eigenvalue weighted by atomic mass is 79.9. The van der Waals surface area contributed by atoms with Crippen LogP contribution in [-0.2, 0) is 6.54 Å². The lowest BCUT2D eigenvalue weighted by Gasteiger charge is -2.17. The fourth-order valence-electron chi connectivity index (χ4n) is 2.17. The molecule has 0 N–H and O–H groups in total. The second-order valence-electron chi connectivity index (χ2n) is 4.93. The Hall–Kier alpha value is -2.06. The molecule has 0 aliphatic heterocycles. The highest BCUT2D eigenvalue weighted by Crippen LogP contribution is 2.17. The lowest BCUT2D eigenvalue weighted by atomic mass is 10.2. The minimum absolute atomic E-state index is 0.0428. The third-order valence-electron chi connectivity index (χ3n) is 3.34. The smallest absolute Gasteiger partial charge is 0.271 e. The van der Waals surface area contributed by atoms with Gasteiger partial charge in [0.15, 0.2) is 4.96 Å². The van der Waals surface area contributed by atoms with E-state index in [1.54, 1.807) is 23.7 Å². The van der Waals surface area contributed by atoms with Crippen LogP contribution in [0.25, 0.3) is 4.96 Å². The van der Waals surface area contributed by atoms with Gasteiger partial charge < -0.3 is 4.90 Å². The van der Waals surface area contributed by atoms with Crippen molar-refractivity contribution in [3.8, 4) is 0 Å². The number of rotatable bonds is 3. The highest BCUT2D eigenvalue weighted by Gasteiger charge is 2.19. The van der Waals surface area contributed by atoms with Gasteiger partial charge in [0.05, 0.1) is 0 Å². The molecular formula is C15H11BrFN3O2S. The predicted molar refractivity (Wildman–Crippen MR) is 89.2 cm³/mol. The van der Waals surface area contributed by atoms with Crippen LogP contribution in [0.15, 0.2) is 45.2 Å². The number of hydrogen-bond acceptors (Lipinski definition) is 4. The number of nitrogens with zero attached hydrogens (tertiary/aromatic N) is 3. The summed E-state index contributed by atoms with van der Waals surface area (Å²) >= 11 is 4.58. The van der Waals surface area contributed by atoms with Crippen LogP contribution in [0.5, 0.6) is 0 Å². The zero-order valence-electron chi connectivity index (χ0n) is 12.0. The number of aromatic nitrogens is 2. The number of hydrogen-bond donors (Lipinski definition) is 0. The first-order chi connectivity index (χ1) is 11.0. The summed E-state index contributed by atoms with van der Waals surface area (Å²) in [7, 11) is 1.52. The number of halogens is 2. The van der Waals surface area contributed by atoms with Gasteiger partial charge in [0.2, 0.25) is 0 Å². The van der Waals surface area contributed by atoms with E-state index in [1.165, 1.54) is 39.9 Å². The molecule has 0 bridgehead atoms. The quantitative estimate of drug-likeness (QED) is 0.684. The van der Waals surface area contributed by atoms with E-state index in [0.29, 0.717) is 10.5 Å². The van der Waals surface area contributed by atoms with Crippen molar-refractivity contribution in [2.75, 3.05) is 7.05 Å². The minimum Gasteiger partial charge on any atom is -0.337 e. The number of amides is 1. The van der Waals surface area contributed by atoms with Gasteiger partial charge >= 0.3 is 0 Å². The lowest BCUT2D eigenvalue weighted by molar-refractivity contribution is 0.0781. The Balaban J connectivity index is 1.90. The summed E-state index contributed by atoms with van der Waals surface area (Å²) in [6.07, 6.45) is 2.84. The zero-order valence-corrected chi connectivity index (χ0v) is 14.4. The van der Waals surface area contributed by atoms with E-state index in [-0.39, 0.29) is 12.1 Å². The predicted octanol–water partition coefficient (Wildman–Crippen LogP) is 2.93. The lowest BCUT2D eigenvalue weighted by Crippen LogP contribution is -2.32. The Morgan fingerprint density at radius 3 is 3.04 bits per heavy atom. The maximum Gasteiger partial charge on any atom is 0.271 e. The molecule has 0 spiro atoms. The van der Waals surface area contributed by atoms with Crippen LogP contribution >= 0.6 is 27.3 Å². The first kappa shape index (κ1) is 15.8. The fraction of sp³-hybridized carbons (Fsp3) is 0.133. The monoisotopic (exact) mass is 395 g/mol. The molecule has 8 heteroatoms. The Bertz CT molecular complexity index is 953. The number of benzene rings is 1. The molecule has 0 aliphatic carbocycles. The van der Waals surface area contributed by atoms with Crippen molar-refractivity contribution in [1.82, 2.24) is 14.3 Å². The topological polar surface area (TPSA) is 54.7 Å². The molecule has 0 aliphatic rings. The van der Waals surface area contributed by atoms with E-state index < -0.39 is 17.3 Å². The van der Waals surface area contributed by atoms with Crippen molar-refractivity contribution >= 4 is 38.1 Å². The van der Waals surface area contributed by atoms with Gasteiger partial charge in [0, 0.05) is 41.4 Å². The van der Waals surface area contributed by atoms with Gasteiger partial charge in [-0.15, -0.1) is 11.3 Å². The van der Waals surface area contributed by atoms with Crippen LogP contribution < -0.4 is 5.56 Å². The standard InChI is InChI=1S/C15H11BrFN3O2S/c1-19(8-9-6-10(16)2-3-12(9)17)13(21)11-7-18-15-20(14(11)22)4-5-23-15/h2-7H,8H2,1H3. The third-order valence-corrected chi connectivity index (χ3v) is 4.60. The SMILES string of the molecule is CN(Cc1cc(Br)ccc1F)C(=O)c1cnc2sccn2c1=O. The molecular weight excluding hydrogens is 385 g/mol. The number of carbonyl (C=O) groups is 1. The van der Waals surface area contributed by atoms with Crippen molar-refractivity contribution in [2.24, 2.45) is 0 Å². The summed E-state index contributed by atoms with van der Waals surface area (Å²) in [5, 5.41) is 1.72. The third kappa shape index (κ3) is 3.04. The Morgan fingerprint density at radius 1 is 1.48 bits per heavy atom. The molecule has 3 aromatic rings. The summed E-state index contributed by atoms with van der Waals surface area (Å²) in [5.74, 6) is -0.904. The Labute approximate surface area is 143 Å². The Morgan fingerprint density at radius 2 is 2.26 bits per heavy atom. The molecule has 0 saturated heterocycles. The molecule has 0 saturated carbocycles. The molecule has 2 aromatic heterocycles. The molecule has 23 heavy (non-hydrogen) atoms. The molecule has 0 fully saturated rings. The summed E-state index contributed by atoms with van der Waals surface area (Å²) in [5.41, 5.74) is -0.110. The molecule has 3 rings (SSSR count). The molecule has 1 aromatic carbocycles. The van der Waals surface area contributed by atoms with E-state index in [2.05, 4.69) is 20.9 Å². The minimum atomic E-state index is -0.498. The normalized spacial score (nSPS) is 10.9. The molecule has 0 unspecified atom stereocenters. The van der Waals surface area contributed by atoms with E-state index in [1.807, 2.05) is 0 Å². The van der Waals surface area contributed by atoms with Crippen molar-refractivity contribution in [3.05, 3.63) is 67.7 Å². The van der Waals surface area contributed by atoms with Gasteiger partial charge in [-0.05, 0) is 18.2 Å². The zero-order chi connectivity index (χ0) is 16.6. The first-order valence-corrected chi connectivity index (χ1v) is 8.29. The van der Waals surface area contributed by atoms with Crippen molar-refractivity contribution in [1.29, 1.82) is 0 Å². The van der Waals surface area contributed by atoms with Crippen LogP contribution in [0.2, 0.25) is 0 Å².